The minimum Gasteiger partial charge on any atom is -0.488 e. The van der Waals surface area contributed by atoms with Gasteiger partial charge in [-0.15, -0.1) is 0 Å². The van der Waals surface area contributed by atoms with Crippen molar-refractivity contribution in [2.45, 2.75) is 19.4 Å². The zero-order chi connectivity index (χ0) is 17.6. The van der Waals surface area contributed by atoms with E-state index < -0.39 is 0 Å². The van der Waals surface area contributed by atoms with E-state index in [1.54, 1.807) is 11.0 Å². The lowest BCUT2D eigenvalue weighted by Gasteiger charge is -2.29. The number of ether oxygens (including phenoxy) is 1. The summed E-state index contributed by atoms with van der Waals surface area (Å²) >= 11 is 5.89. The van der Waals surface area contributed by atoms with E-state index in [4.69, 9.17) is 21.6 Å². The Kier molecular flexibility index (Phi) is 5.57. The van der Waals surface area contributed by atoms with E-state index in [-0.39, 0.29) is 11.8 Å². The second kappa shape index (κ2) is 8.04. The Morgan fingerprint density at radius 2 is 1.84 bits per heavy atom. The number of hydrogen-bond donors (Lipinski definition) is 0. The molecule has 0 aromatic heterocycles. The number of piperidine rings is 1. The molecule has 0 aliphatic carbocycles. The predicted octanol–water partition coefficient (Wildman–Crippen LogP) is 4.29. The van der Waals surface area contributed by atoms with Crippen molar-refractivity contribution in [1.29, 1.82) is 5.26 Å². The van der Waals surface area contributed by atoms with Crippen molar-refractivity contribution in [2.24, 2.45) is 5.92 Å². The average molecular weight is 355 g/mol. The molecular weight excluding hydrogens is 336 g/mol. The van der Waals surface area contributed by atoms with Crippen molar-refractivity contribution in [3.8, 4) is 11.8 Å². The lowest BCUT2D eigenvalue weighted by molar-refractivity contribution is 0.0702. The quantitative estimate of drug-likeness (QED) is 0.822. The van der Waals surface area contributed by atoms with Crippen LogP contribution in [0.2, 0.25) is 5.02 Å². The summed E-state index contributed by atoms with van der Waals surface area (Å²) in [7, 11) is 0. The Hall–Kier alpha value is -2.51. The molecule has 4 nitrogen and oxygen atoms in total. The normalized spacial score (nSPS) is 14.8. The maximum Gasteiger partial charge on any atom is 0.257 e. The molecule has 5 heteroatoms. The van der Waals surface area contributed by atoms with Crippen molar-refractivity contribution in [2.75, 3.05) is 13.1 Å². The highest BCUT2D eigenvalue weighted by molar-refractivity contribution is 6.30. The Labute approximate surface area is 152 Å². The molecule has 1 amide bonds. The highest BCUT2D eigenvalue weighted by Gasteiger charge is 2.25. The summed E-state index contributed by atoms with van der Waals surface area (Å²) in [6.07, 6.45) is 1.46. The average Bonchev–Trinajstić information content (AvgIpc) is 2.67. The van der Waals surface area contributed by atoms with Crippen molar-refractivity contribution >= 4 is 17.5 Å². The fourth-order valence-electron chi connectivity index (χ4n) is 2.89. The lowest BCUT2D eigenvalue weighted by atomic mass is 9.98. The number of halogens is 1. The third-order valence-corrected chi connectivity index (χ3v) is 4.64. The van der Waals surface area contributed by atoms with Crippen molar-refractivity contribution in [1.82, 2.24) is 4.90 Å². The summed E-state index contributed by atoms with van der Waals surface area (Å²) in [5, 5.41) is 9.67. The maximum atomic E-state index is 12.8. The summed E-state index contributed by atoms with van der Waals surface area (Å²) in [6, 6.07) is 17.0. The van der Waals surface area contributed by atoms with Gasteiger partial charge in [-0.3, -0.25) is 4.79 Å². The van der Waals surface area contributed by atoms with Crippen molar-refractivity contribution in [3.63, 3.8) is 0 Å². The lowest BCUT2D eigenvalue weighted by Crippen LogP contribution is -2.38. The van der Waals surface area contributed by atoms with E-state index in [0.717, 1.165) is 18.4 Å². The van der Waals surface area contributed by atoms with Crippen LogP contribution in [0, 0.1) is 17.2 Å². The largest absolute Gasteiger partial charge is 0.488 e. The number of carbonyl (C=O) groups is 1. The molecule has 0 saturated carbocycles. The van der Waals surface area contributed by atoms with Gasteiger partial charge in [0.15, 0.2) is 0 Å². The second-order valence-electron chi connectivity index (χ2n) is 6.11. The maximum absolute atomic E-state index is 12.8. The molecule has 128 valence electrons. The molecule has 3 rings (SSSR count). The Morgan fingerprint density at radius 3 is 2.52 bits per heavy atom. The topological polar surface area (TPSA) is 53.3 Å². The van der Waals surface area contributed by atoms with Gasteiger partial charge in [0, 0.05) is 24.0 Å². The van der Waals surface area contributed by atoms with E-state index in [0.29, 0.717) is 36.0 Å². The number of nitriles is 1. The predicted molar refractivity (Wildman–Crippen MR) is 96.5 cm³/mol. The molecule has 0 bridgehead atoms. The molecule has 2 aromatic rings. The third kappa shape index (κ3) is 4.32. The Balaban J connectivity index is 1.69. The first kappa shape index (κ1) is 17.3. The summed E-state index contributed by atoms with van der Waals surface area (Å²) in [5.41, 5.74) is 1.55. The van der Waals surface area contributed by atoms with Gasteiger partial charge < -0.3 is 9.64 Å². The fraction of sp³-hybridized carbons (Fsp3) is 0.300. The molecule has 1 saturated heterocycles. The van der Waals surface area contributed by atoms with Gasteiger partial charge in [0.1, 0.15) is 12.4 Å². The number of likely N-dealkylation sites (tertiary alicyclic amines) is 1. The number of amides is 1. The third-order valence-electron chi connectivity index (χ3n) is 4.39. The van der Waals surface area contributed by atoms with Gasteiger partial charge in [-0.05, 0) is 42.7 Å². The van der Waals surface area contributed by atoms with Crippen LogP contribution >= 0.6 is 11.6 Å². The van der Waals surface area contributed by atoms with E-state index in [2.05, 4.69) is 6.07 Å². The summed E-state index contributed by atoms with van der Waals surface area (Å²) in [4.78, 5) is 14.6. The number of carbonyl (C=O) groups excluding carboxylic acids is 1. The van der Waals surface area contributed by atoms with Gasteiger partial charge in [-0.1, -0.05) is 35.9 Å². The summed E-state index contributed by atoms with van der Waals surface area (Å²) in [5.74, 6) is 0.591. The molecule has 1 fully saturated rings. The van der Waals surface area contributed by atoms with Crippen molar-refractivity contribution in [3.05, 3.63) is 64.7 Å². The molecule has 1 aliphatic rings. The van der Waals surface area contributed by atoms with Gasteiger partial charge in [-0.2, -0.15) is 5.26 Å². The number of benzene rings is 2. The van der Waals surface area contributed by atoms with E-state index in [1.165, 1.54) is 0 Å². The highest BCUT2D eigenvalue weighted by Crippen LogP contribution is 2.24. The molecule has 0 radical (unpaired) electrons. The van der Waals surface area contributed by atoms with Crippen LogP contribution in [0.3, 0.4) is 0 Å². The molecule has 0 N–H and O–H groups in total. The standard InChI is InChI=1S/C20H19ClN2O2/c21-17-7-5-16(6-8-17)14-25-19-4-2-1-3-18(19)20(24)23-11-9-15(13-22)10-12-23/h1-8,15H,9-12,14H2. The molecule has 1 heterocycles. The summed E-state index contributed by atoms with van der Waals surface area (Å²) in [6.45, 7) is 1.60. The fourth-order valence-corrected chi connectivity index (χ4v) is 3.02. The van der Waals surface area contributed by atoms with Gasteiger partial charge in [0.2, 0.25) is 0 Å². The monoisotopic (exact) mass is 354 g/mol. The van der Waals surface area contributed by atoms with Crippen LogP contribution in [-0.2, 0) is 6.61 Å². The molecule has 0 spiro atoms. The number of para-hydroxylation sites is 1. The van der Waals surface area contributed by atoms with Crippen LogP contribution < -0.4 is 4.74 Å². The van der Waals surface area contributed by atoms with E-state index in [9.17, 15) is 4.79 Å². The van der Waals surface area contributed by atoms with Crippen LogP contribution in [-0.4, -0.2) is 23.9 Å². The first-order valence-electron chi connectivity index (χ1n) is 8.32. The van der Waals surface area contributed by atoms with Gasteiger partial charge >= 0.3 is 0 Å². The van der Waals surface area contributed by atoms with Crippen LogP contribution in [0.25, 0.3) is 0 Å². The Bertz CT molecular complexity index is 775. The number of rotatable bonds is 4. The van der Waals surface area contributed by atoms with E-state index in [1.807, 2.05) is 42.5 Å². The Morgan fingerprint density at radius 1 is 1.16 bits per heavy atom. The van der Waals surface area contributed by atoms with Gasteiger partial charge in [-0.25, -0.2) is 0 Å². The molecule has 25 heavy (non-hydrogen) atoms. The number of nitrogens with zero attached hydrogens (tertiary/aromatic N) is 2. The van der Waals surface area contributed by atoms with Gasteiger partial charge in [0.05, 0.1) is 11.6 Å². The molecule has 0 atom stereocenters. The summed E-state index contributed by atoms with van der Waals surface area (Å²) < 4.78 is 5.87. The minimum atomic E-state index is -0.0388. The van der Waals surface area contributed by atoms with Crippen molar-refractivity contribution < 1.29 is 9.53 Å². The first-order valence-corrected chi connectivity index (χ1v) is 8.70. The zero-order valence-electron chi connectivity index (χ0n) is 13.8. The van der Waals surface area contributed by atoms with Crippen LogP contribution in [0.5, 0.6) is 5.75 Å². The SMILES string of the molecule is N#CC1CCN(C(=O)c2ccccc2OCc2ccc(Cl)cc2)CC1. The molecule has 0 unspecified atom stereocenters. The smallest absolute Gasteiger partial charge is 0.257 e. The van der Waals surface area contributed by atoms with Crippen LogP contribution in [0.4, 0.5) is 0 Å². The highest BCUT2D eigenvalue weighted by atomic mass is 35.5. The van der Waals surface area contributed by atoms with Gasteiger partial charge in [0.25, 0.3) is 5.91 Å². The van der Waals surface area contributed by atoms with E-state index >= 15 is 0 Å². The molecular formula is C20H19ClN2O2. The minimum absolute atomic E-state index is 0.0388. The first-order chi connectivity index (χ1) is 12.2. The second-order valence-corrected chi connectivity index (χ2v) is 6.54. The zero-order valence-corrected chi connectivity index (χ0v) is 14.6. The molecule has 2 aromatic carbocycles. The molecule has 1 aliphatic heterocycles. The van der Waals surface area contributed by atoms with Crippen LogP contribution in [0.15, 0.2) is 48.5 Å². The van der Waals surface area contributed by atoms with Crippen LogP contribution in [0.1, 0.15) is 28.8 Å². The number of hydrogen-bond acceptors (Lipinski definition) is 3.